The van der Waals surface area contributed by atoms with Gasteiger partial charge in [-0.25, -0.2) is 0 Å². The first-order chi connectivity index (χ1) is 10.4. The van der Waals surface area contributed by atoms with Gasteiger partial charge in [0.05, 0.1) is 0 Å². The number of piperidine rings is 1. The SMILES string of the molecule is c1ccc(-c2cc(NCCCN3CCCCC3)on2)cc1. The molecule has 4 heteroatoms. The Morgan fingerprint density at radius 2 is 1.90 bits per heavy atom. The largest absolute Gasteiger partial charge is 0.354 e. The van der Waals surface area contributed by atoms with Crippen molar-refractivity contribution in [1.29, 1.82) is 0 Å². The van der Waals surface area contributed by atoms with Gasteiger partial charge in [0.2, 0.25) is 5.88 Å². The van der Waals surface area contributed by atoms with E-state index >= 15 is 0 Å². The molecule has 112 valence electrons. The van der Waals surface area contributed by atoms with E-state index in [4.69, 9.17) is 4.52 Å². The molecule has 0 saturated carbocycles. The van der Waals surface area contributed by atoms with Crippen LogP contribution in [0.25, 0.3) is 11.3 Å². The number of hydrogen-bond acceptors (Lipinski definition) is 4. The normalized spacial score (nSPS) is 16.0. The van der Waals surface area contributed by atoms with E-state index in [0.29, 0.717) is 0 Å². The summed E-state index contributed by atoms with van der Waals surface area (Å²) in [6.07, 6.45) is 5.25. The van der Waals surface area contributed by atoms with Crippen molar-refractivity contribution in [3.63, 3.8) is 0 Å². The van der Waals surface area contributed by atoms with Crippen molar-refractivity contribution in [3.05, 3.63) is 36.4 Å². The van der Waals surface area contributed by atoms with Gasteiger partial charge in [-0.05, 0) is 38.9 Å². The van der Waals surface area contributed by atoms with E-state index in [0.717, 1.165) is 30.1 Å². The molecule has 1 saturated heterocycles. The Morgan fingerprint density at radius 1 is 1.10 bits per heavy atom. The van der Waals surface area contributed by atoms with Gasteiger partial charge in [0.1, 0.15) is 5.69 Å². The summed E-state index contributed by atoms with van der Waals surface area (Å²) in [5.74, 6) is 0.757. The molecule has 1 aliphatic rings. The first-order valence-electron chi connectivity index (χ1n) is 7.90. The summed E-state index contributed by atoms with van der Waals surface area (Å²) in [4.78, 5) is 2.56. The summed E-state index contributed by atoms with van der Waals surface area (Å²) >= 11 is 0. The van der Waals surface area contributed by atoms with Crippen LogP contribution in [-0.4, -0.2) is 36.2 Å². The van der Waals surface area contributed by atoms with Crippen molar-refractivity contribution in [2.45, 2.75) is 25.7 Å². The first-order valence-corrected chi connectivity index (χ1v) is 7.90. The molecule has 1 aromatic carbocycles. The number of nitrogens with one attached hydrogen (secondary N) is 1. The Morgan fingerprint density at radius 3 is 2.71 bits per heavy atom. The number of aromatic nitrogens is 1. The minimum atomic E-state index is 0.757. The second-order valence-corrected chi connectivity index (χ2v) is 5.63. The van der Waals surface area contributed by atoms with E-state index in [1.807, 2.05) is 36.4 Å². The standard InChI is InChI=1S/C17H23N3O/c1-3-8-15(9-4-1)16-14-17(21-19-16)18-10-7-13-20-11-5-2-6-12-20/h1,3-4,8-9,14,18H,2,5-7,10-13H2. The number of hydrogen-bond donors (Lipinski definition) is 1. The van der Waals surface area contributed by atoms with Gasteiger partial charge >= 0.3 is 0 Å². The van der Waals surface area contributed by atoms with Gasteiger partial charge in [-0.2, -0.15) is 0 Å². The molecule has 0 bridgehead atoms. The Bertz CT molecular complexity index is 532. The lowest BCUT2D eigenvalue weighted by atomic mass is 10.1. The molecule has 2 aromatic rings. The minimum absolute atomic E-state index is 0.757. The van der Waals surface area contributed by atoms with E-state index in [1.54, 1.807) is 0 Å². The second-order valence-electron chi connectivity index (χ2n) is 5.63. The monoisotopic (exact) mass is 285 g/mol. The van der Waals surface area contributed by atoms with E-state index < -0.39 is 0 Å². The smallest absolute Gasteiger partial charge is 0.225 e. The van der Waals surface area contributed by atoms with Crippen molar-refractivity contribution < 1.29 is 4.52 Å². The van der Waals surface area contributed by atoms with Crippen LogP contribution in [0.3, 0.4) is 0 Å². The topological polar surface area (TPSA) is 41.3 Å². The van der Waals surface area contributed by atoms with Gasteiger partial charge in [0.15, 0.2) is 0 Å². The van der Waals surface area contributed by atoms with Crippen LogP contribution < -0.4 is 5.32 Å². The quantitative estimate of drug-likeness (QED) is 0.823. The third-order valence-corrected chi connectivity index (χ3v) is 3.98. The predicted molar refractivity (Wildman–Crippen MR) is 85.3 cm³/mol. The van der Waals surface area contributed by atoms with Crippen LogP contribution in [0.4, 0.5) is 5.88 Å². The summed E-state index contributed by atoms with van der Waals surface area (Å²) in [6.45, 7) is 4.63. The van der Waals surface area contributed by atoms with Crippen LogP contribution in [0.2, 0.25) is 0 Å². The van der Waals surface area contributed by atoms with Crippen LogP contribution in [0, 0.1) is 0 Å². The molecule has 1 aliphatic heterocycles. The lowest BCUT2D eigenvalue weighted by Crippen LogP contribution is -2.31. The van der Waals surface area contributed by atoms with Gasteiger partial charge in [-0.15, -0.1) is 0 Å². The van der Waals surface area contributed by atoms with Gasteiger partial charge in [-0.1, -0.05) is 41.9 Å². The maximum Gasteiger partial charge on any atom is 0.225 e. The molecule has 2 heterocycles. The number of rotatable bonds is 6. The summed E-state index contributed by atoms with van der Waals surface area (Å²) < 4.78 is 5.34. The fraction of sp³-hybridized carbons (Fsp3) is 0.471. The Labute approximate surface area is 126 Å². The molecule has 1 aromatic heterocycles. The highest BCUT2D eigenvalue weighted by atomic mass is 16.5. The van der Waals surface area contributed by atoms with Crippen LogP contribution in [0.1, 0.15) is 25.7 Å². The molecule has 0 unspecified atom stereocenters. The Hall–Kier alpha value is -1.81. The van der Waals surface area contributed by atoms with E-state index in [2.05, 4.69) is 15.4 Å². The van der Waals surface area contributed by atoms with Crippen LogP contribution >= 0.6 is 0 Å². The second kappa shape index (κ2) is 7.27. The minimum Gasteiger partial charge on any atom is -0.354 e. The lowest BCUT2D eigenvalue weighted by molar-refractivity contribution is 0.228. The highest BCUT2D eigenvalue weighted by Gasteiger charge is 2.09. The molecular weight excluding hydrogens is 262 g/mol. The van der Waals surface area contributed by atoms with Gasteiger partial charge in [-0.3, -0.25) is 0 Å². The van der Waals surface area contributed by atoms with Crippen molar-refractivity contribution in [2.75, 3.05) is 31.5 Å². The van der Waals surface area contributed by atoms with Crippen molar-refractivity contribution in [1.82, 2.24) is 10.1 Å². The summed E-state index contributed by atoms with van der Waals surface area (Å²) in [5, 5.41) is 7.43. The molecule has 0 spiro atoms. The van der Waals surface area contributed by atoms with Crippen LogP contribution in [0.5, 0.6) is 0 Å². The molecule has 1 fully saturated rings. The number of benzene rings is 1. The third-order valence-electron chi connectivity index (χ3n) is 3.98. The lowest BCUT2D eigenvalue weighted by Gasteiger charge is -2.26. The van der Waals surface area contributed by atoms with Crippen molar-refractivity contribution in [3.8, 4) is 11.3 Å². The molecule has 21 heavy (non-hydrogen) atoms. The van der Waals surface area contributed by atoms with E-state index in [1.165, 1.54) is 38.9 Å². The zero-order valence-corrected chi connectivity index (χ0v) is 12.4. The number of nitrogens with zero attached hydrogens (tertiary/aromatic N) is 2. The highest BCUT2D eigenvalue weighted by Crippen LogP contribution is 2.21. The van der Waals surface area contributed by atoms with Crippen molar-refractivity contribution >= 4 is 5.88 Å². The third kappa shape index (κ3) is 4.08. The molecule has 0 radical (unpaired) electrons. The summed E-state index contributed by atoms with van der Waals surface area (Å²) in [5.41, 5.74) is 1.97. The average Bonchev–Trinajstić information content (AvgIpc) is 3.02. The first kappa shape index (κ1) is 14.1. The van der Waals surface area contributed by atoms with Gasteiger partial charge < -0.3 is 14.7 Å². The highest BCUT2D eigenvalue weighted by molar-refractivity contribution is 5.61. The van der Waals surface area contributed by atoms with Gasteiger partial charge in [0.25, 0.3) is 0 Å². The Kier molecular flexibility index (Phi) is 4.90. The van der Waals surface area contributed by atoms with Gasteiger partial charge in [0, 0.05) is 18.2 Å². The molecule has 1 N–H and O–H groups in total. The molecule has 4 nitrogen and oxygen atoms in total. The maximum atomic E-state index is 5.34. The zero-order valence-electron chi connectivity index (χ0n) is 12.4. The maximum absolute atomic E-state index is 5.34. The molecule has 0 amide bonds. The van der Waals surface area contributed by atoms with E-state index in [-0.39, 0.29) is 0 Å². The molecule has 0 atom stereocenters. The van der Waals surface area contributed by atoms with Crippen LogP contribution in [0.15, 0.2) is 40.9 Å². The average molecular weight is 285 g/mol. The Balaban J connectivity index is 1.42. The number of anilines is 1. The zero-order chi connectivity index (χ0) is 14.3. The summed E-state index contributed by atoms with van der Waals surface area (Å²) in [6, 6.07) is 12.1. The van der Waals surface area contributed by atoms with Crippen molar-refractivity contribution in [2.24, 2.45) is 0 Å². The molecule has 3 rings (SSSR count). The fourth-order valence-corrected chi connectivity index (χ4v) is 2.80. The van der Waals surface area contributed by atoms with Crippen LogP contribution in [-0.2, 0) is 0 Å². The molecule has 0 aliphatic carbocycles. The van der Waals surface area contributed by atoms with E-state index in [9.17, 15) is 0 Å². The predicted octanol–water partition coefficient (Wildman–Crippen LogP) is 3.63. The molecular formula is C17H23N3O. The summed E-state index contributed by atoms with van der Waals surface area (Å²) in [7, 11) is 0. The fourth-order valence-electron chi connectivity index (χ4n) is 2.80. The number of likely N-dealkylation sites (tertiary alicyclic amines) is 1.